The molecule has 0 spiro atoms. The first-order valence-corrected chi connectivity index (χ1v) is 7.34. The number of nitrogens with zero attached hydrogens (tertiary/aromatic N) is 4. The second-order valence-corrected chi connectivity index (χ2v) is 5.83. The largest absolute Gasteiger partial charge is 0.331 e. The van der Waals surface area contributed by atoms with E-state index in [0.717, 1.165) is 9.78 Å². The van der Waals surface area contributed by atoms with E-state index in [1.54, 1.807) is 30.7 Å². The number of carbonyl (C=O) groups excluding carboxylic acids is 2. The van der Waals surface area contributed by atoms with E-state index in [1.165, 1.54) is 11.9 Å². The van der Waals surface area contributed by atoms with Gasteiger partial charge in [-0.3, -0.25) is 19.6 Å². The van der Waals surface area contributed by atoms with Gasteiger partial charge in [0.1, 0.15) is 11.8 Å². The van der Waals surface area contributed by atoms with Crippen molar-refractivity contribution in [3.8, 4) is 0 Å². The molecule has 0 radical (unpaired) electrons. The van der Waals surface area contributed by atoms with Crippen molar-refractivity contribution >= 4 is 34.8 Å². The molecule has 1 atom stereocenters. The lowest BCUT2D eigenvalue weighted by atomic mass is 9.95. The van der Waals surface area contributed by atoms with Crippen LogP contribution in [-0.2, 0) is 11.3 Å². The van der Waals surface area contributed by atoms with Crippen molar-refractivity contribution in [1.29, 1.82) is 0 Å². The van der Waals surface area contributed by atoms with Gasteiger partial charge in [-0.25, -0.2) is 9.79 Å². The van der Waals surface area contributed by atoms with E-state index in [9.17, 15) is 9.59 Å². The van der Waals surface area contributed by atoms with Crippen molar-refractivity contribution in [3.05, 3.63) is 34.7 Å². The third kappa shape index (κ3) is 2.29. The average molecular weight is 302 g/mol. The number of amides is 3. The molecule has 3 heterocycles. The molecule has 1 unspecified atom stereocenters. The summed E-state index contributed by atoms with van der Waals surface area (Å²) in [4.78, 5) is 36.6. The summed E-state index contributed by atoms with van der Waals surface area (Å²) in [5.41, 5.74) is 0.643. The van der Waals surface area contributed by atoms with Crippen LogP contribution in [0, 0.1) is 5.92 Å². The number of rotatable bonds is 2. The average Bonchev–Trinajstić information content (AvgIpc) is 3.01. The smallest absolute Gasteiger partial charge is 0.284 e. The van der Waals surface area contributed by atoms with Crippen molar-refractivity contribution in [2.75, 3.05) is 14.1 Å². The number of carbonyl (C=O) groups is 2. The standard InChI is InChI=1S/C14H14N4O2S/c1-17-12-11(13(19)18(2)14(17)20)10(5-6-15-12)16-8-9-4-3-7-21-9/h3-7,11H,8H2,1-2H3. The van der Waals surface area contributed by atoms with Gasteiger partial charge in [-0.05, 0) is 17.5 Å². The Hall–Kier alpha value is -2.28. The van der Waals surface area contributed by atoms with E-state index in [2.05, 4.69) is 9.98 Å². The third-order valence-corrected chi connectivity index (χ3v) is 4.36. The van der Waals surface area contributed by atoms with Crippen LogP contribution in [0.4, 0.5) is 4.79 Å². The lowest BCUT2D eigenvalue weighted by molar-refractivity contribution is -0.128. The fourth-order valence-electron chi connectivity index (χ4n) is 2.34. The minimum atomic E-state index is -0.595. The van der Waals surface area contributed by atoms with Crippen LogP contribution in [0.3, 0.4) is 0 Å². The Balaban J connectivity index is 1.92. The van der Waals surface area contributed by atoms with E-state index in [0.29, 0.717) is 18.1 Å². The number of thiophene rings is 1. The van der Waals surface area contributed by atoms with Crippen LogP contribution in [0.5, 0.6) is 0 Å². The Morgan fingerprint density at radius 2 is 2.14 bits per heavy atom. The molecule has 7 heteroatoms. The molecule has 0 bridgehead atoms. The Bertz CT molecular complexity index is 675. The van der Waals surface area contributed by atoms with Gasteiger partial charge in [0.2, 0.25) is 5.91 Å². The van der Waals surface area contributed by atoms with Crippen LogP contribution in [0.2, 0.25) is 0 Å². The molecular formula is C14H14N4O2S. The molecule has 108 valence electrons. The molecule has 0 N–H and O–H groups in total. The van der Waals surface area contributed by atoms with E-state index in [1.807, 2.05) is 17.5 Å². The molecular weight excluding hydrogens is 288 g/mol. The van der Waals surface area contributed by atoms with Crippen LogP contribution < -0.4 is 0 Å². The minimum Gasteiger partial charge on any atom is -0.284 e. The van der Waals surface area contributed by atoms with Crippen molar-refractivity contribution in [2.24, 2.45) is 15.9 Å². The normalized spacial score (nSPS) is 23.6. The molecule has 3 amide bonds. The lowest BCUT2D eigenvalue weighted by Crippen LogP contribution is -2.59. The molecule has 1 fully saturated rings. The number of aliphatic imine (C=N–C) groups is 2. The minimum absolute atomic E-state index is 0.286. The molecule has 0 aromatic carbocycles. The molecule has 3 rings (SSSR count). The predicted molar refractivity (Wildman–Crippen MR) is 81.5 cm³/mol. The second kappa shape index (κ2) is 5.25. The van der Waals surface area contributed by atoms with E-state index >= 15 is 0 Å². The van der Waals surface area contributed by atoms with E-state index in [4.69, 9.17) is 0 Å². The zero-order valence-corrected chi connectivity index (χ0v) is 12.5. The quantitative estimate of drug-likeness (QED) is 0.835. The summed E-state index contributed by atoms with van der Waals surface area (Å²) in [6, 6.07) is 3.60. The van der Waals surface area contributed by atoms with Gasteiger partial charge in [-0.1, -0.05) is 6.07 Å². The van der Waals surface area contributed by atoms with E-state index in [-0.39, 0.29) is 11.9 Å². The summed E-state index contributed by atoms with van der Waals surface area (Å²) in [5, 5.41) is 1.99. The van der Waals surface area contributed by atoms with Crippen molar-refractivity contribution in [1.82, 2.24) is 9.80 Å². The van der Waals surface area contributed by atoms with Crippen LogP contribution in [0.15, 0.2) is 39.8 Å². The predicted octanol–water partition coefficient (Wildman–Crippen LogP) is 1.75. The number of amidine groups is 1. The van der Waals surface area contributed by atoms with Crippen LogP contribution >= 0.6 is 11.3 Å². The summed E-state index contributed by atoms with van der Waals surface area (Å²) in [5.74, 6) is -0.440. The maximum atomic E-state index is 12.4. The molecule has 21 heavy (non-hydrogen) atoms. The Morgan fingerprint density at radius 3 is 2.86 bits per heavy atom. The van der Waals surface area contributed by atoms with E-state index < -0.39 is 5.92 Å². The molecule has 0 aliphatic carbocycles. The molecule has 1 aromatic heterocycles. The third-order valence-electron chi connectivity index (χ3n) is 3.50. The van der Waals surface area contributed by atoms with Gasteiger partial charge in [-0.2, -0.15) is 0 Å². The molecule has 1 aromatic rings. The highest BCUT2D eigenvalue weighted by Gasteiger charge is 2.43. The first kappa shape index (κ1) is 13.7. The van der Waals surface area contributed by atoms with Gasteiger partial charge in [-0.15, -0.1) is 11.3 Å². The van der Waals surface area contributed by atoms with Gasteiger partial charge < -0.3 is 0 Å². The number of hydrogen-bond donors (Lipinski definition) is 0. The number of hydrogen-bond acceptors (Lipinski definition) is 5. The van der Waals surface area contributed by atoms with Gasteiger partial charge >= 0.3 is 6.03 Å². The Kier molecular flexibility index (Phi) is 3.42. The molecule has 2 aliphatic rings. The number of allylic oxidation sites excluding steroid dienone is 1. The van der Waals surface area contributed by atoms with Gasteiger partial charge in [0.15, 0.2) is 0 Å². The first-order chi connectivity index (χ1) is 10.1. The zero-order valence-electron chi connectivity index (χ0n) is 11.7. The summed E-state index contributed by atoms with van der Waals surface area (Å²) in [6.07, 6.45) is 3.32. The Labute approximate surface area is 126 Å². The van der Waals surface area contributed by atoms with Crippen LogP contribution in [0.25, 0.3) is 0 Å². The maximum absolute atomic E-state index is 12.4. The van der Waals surface area contributed by atoms with Gasteiger partial charge in [0, 0.05) is 25.2 Å². The topological polar surface area (TPSA) is 65.3 Å². The maximum Gasteiger partial charge on any atom is 0.331 e. The zero-order chi connectivity index (χ0) is 15.0. The number of urea groups is 1. The monoisotopic (exact) mass is 302 g/mol. The highest BCUT2D eigenvalue weighted by Crippen LogP contribution is 2.22. The summed E-state index contributed by atoms with van der Waals surface area (Å²) in [7, 11) is 3.10. The first-order valence-electron chi connectivity index (χ1n) is 6.46. The Morgan fingerprint density at radius 1 is 1.33 bits per heavy atom. The molecule has 2 aliphatic heterocycles. The fraction of sp³-hybridized carbons (Fsp3) is 0.286. The number of fused-ring (bicyclic) bond motifs is 1. The summed E-state index contributed by atoms with van der Waals surface area (Å²) in [6.45, 7) is 0.524. The summed E-state index contributed by atoms with van der Waals surface area (Å²) >= 11 is 1.62. The fourth-order valence-corrected chi connectivity index (χ4v) is 2.97. The highest BCUT2D eigenvalue weighted by molar-refractivity contribution is 7.09. The molecule has 0 saturated carbocycles. The van der Waals surface area contributed by atoms with Crippen molar-refractivity contribution in [3.63, 3.8) is 0 Å². The summed E-state index contributed by atoms with van der Waals surface area (Å²) < 4.78 is 0. The highest BCUT2D eigenvalue weighted by atomic mass is 32.1. The second-order valence-electron chi connectivity index (χ2n) is 4.80. The number of imide groups is 1. The molecule has 6 nitrogen and oxygen atoms in total. The van der Waals surface area contributed by atoms with Crippen LogP contribution in [-0.4, -0.2) is 47.4 Å². The molecule has 1 saturated heterocycles. The van der Waals surface area contributed by atoms with Gasteiger partial charge in [0.05, 0.1) is 12.3 Å². The van der Waals surface area contributed by atoms with Crippen LogP contribution in [0.1, 0.15) is 4.88 Å². The van der Waals surface area contributed by atoms with Crippen molar-refractivity contribution in [2.45, 2.75) is 6.54 Å². The van der Waals surface area contributed by atoms with Gasteiger partial charge in [0.25, 0.3) is 0 Å². The lowest BCUT2D eigenvalue weighted by Gasteiger charge is -2.36. The SMILES string of the molecule is CN1C(=O)C2C(=NCc3cccs3)C=CN=C2N(C)C1=O. The van der Waals surface area contributed by atoms with Crippen molar-refractivity contribution < 1.29 is 9.59 Å².